The van der Waals surface area contributed by atoms with Gasteiger partial charge < -0.3 is 24.8 Å². The minimum Gasteiger partial charge on any atom is -0.396 e. The summed E-state index contributed by atoms with van der Waals surface area (Å²) in [5.41, 5.74) is 6.38. The number of nitrogens with one attached hydrogen (secondary N) is 1. The Hall–Kier alpha value is -2.46. The predicted molar refractivity (Wildman–Crippen MR) is 149 cm³/mol. The molecule has 0 radical (unpaired) electrons. The highest BCUT2D eigenvalue weighted by atomic mass is 28.3. The lowest BCUT2D eigenvalue weighted by molar-refractivity contribution is -0.124. The Kier molecular flexibility index (Phi) is 7.08. The standard InChI is InChI=1S/C28H40N4O4Si/c1-5-32-24-15-21-20-8-6-7-19-17-31(18-36-13-14-37(2,3)4)30-25(19)26(20)29-23(21)16-22(24)28(9-11-33,10-12-34)27(32)35/h15-17,29,33-34H,5-14,18H2,1-4H3. The van der Waals surface area contributed by atoms with Crippen LogP contribution in [0.15, 0.2) is 18.3 Å². The van der Waals surface area contributed by atoms with E-state index in [2.05, 4.69) is 43.0 Å². The summed E-state index contributed by atoms with van der Waals surface area (Å²) >= 11 is 0. The molecule has 8 nitrogen and oxygen atoms in total. The molecule has 0 saturated heterocycles. The van der Waals surface area contributed by atoms with Gasteiger partial charge in [0, 0.05) is 57.2 Å². The number of fused-ring (bicyclic) bond motifs is 6. The Morgan fingerprint density at radius 3 is 2.59 bits per heavy atom. The highest BCUT2D eigenvalue weighted by Gasteiger charge is 2.50. The minimum absolute atomic E-state index is 0.0259. The first-order valence-corrected chi connectivity index (χ1v) is 17.3. The van der Waals surface area contributed by atoms with E-state index in [1.54, 1.807) is 0 Å². The monoisotopic (exact) mass is 524 g/mol. The van der Waals surface area contributed by atoms with E-state index in [9.17, 15) is 15.0 Å². The van der Waals surface area contributed by atoms with Crippen molar-refractivity contribution in [3.05, 3.63) is 35.0 Å². The summed E-state index contributed by atoms with van der Waals surface area (Å²) in [5.74, 6) is -0.0259. The Labute approximate surface area is 219 Å². The summed E-state index contributed by atoms with van der Waals surface area (Å²) in [6, 6.07) is 5.35. The minimum atomic E-state index is -1.13. The van der Waals surface area contributed by atoms with Crippen LogP contribution in [0.2, 0.25) is 25.7 Å². The van der Waals surface area contributed by atoms with Gasteiger partial charge in [0.1, 0.15) is 12.4 Å². The van der Waals surface area contributed by atoms with Crippen molar-refractivity contribution in [2.75, 3.05) is 31.3 Å². The van der Waals surface area contributed by atoms with Crippen LogP contribution in [0.5, 0.6) is 0 Å². The fraction of sp³-hybridized carbons (Fsp3) is 0.571. The molecule has 200 valence electrons. The lowest BCUT2D eigenvalue weighted by Gasteiger charge is -2.27. The number of benzene rings is 1. The summed E-state index contributed by atoms with van der Waals surface area (Å²) in [6.07, 6.45) is 5.66. The quantitative estimate of drug-likeness (QED) is 0.272. The summed E-state index contributed by atoms with van der Waals surface area (Å²) < 4.78 is 7.87. The van der Waals surface area contributed by atoms with Gasteiger partial charge in [-0.1, -0.05) is 19.6 Å². The molecule has 3 aromatic rings. The molecule has 2 aromatic heterocycles. The summed E-state index contributed by atoms with van der Waals surface area (Å²) in [7, 11) is -1.13. The van der Waals surface area contributed by atoms with Crippen molar-refractivity contribution in [1.29, 1.82) is 0 Å². The first-order valence-electron chi connectivity index (χ1n) is 13.6. The van der Waals surface area contributed by atoms with Gasteiger partial charge in [-0.3, -0.25) is 4.79 Å². The summed E-state index contributed by atoms with van der Waals surface area (Å²) in [4.78, 5) is 19.0. The number of hydrogen-bond donors (Lipinski definition) is 3. The van der Waals surface area contributed by atoms with Gasteiger partial charge in [-0.2, -0.15) is 5.10 Å². The van der Waals surface area contributed by atoms with Gasteiger partial charge in [0.05, 0.1) is 11.1 Å². The van der Waals surface area contributed by atoms with Crippen LogP contribution in [0.4, 0.5) is 5.69 Å². The van der Waals surface area contributed by atoms with E-state index in [-0.39, 0.29) is 19.1 Å². The average molecular weight is 525 g/mol. The average Bonchev–Trinajstić information content (AvgIpc) is 3.44. The number of carbonyl (C=O) groups excluding carboxylic acids is 1. The normalized spacial score (nSPS) is 16.7. The number of anilines is 1. The maximum absolute atomic E-state index is 13.5. The molecule has 9 heteroatoms. The third-order valence-electron chi connectivity index (χ3n) is 8.04. The molecule has 0 saturated carbocycles. The number of aromatic amines is 1. The molecule has 2 aliphatic rings. The van der Waals surface area contributed by atoms with Gasteiger partial charge in [0.25, 0.3) is 0 Å². The Morgan fingerprint density at radius 1 is 1.16 bits per heavy atom. The second-order valence-electron chi connectivity index (χ2n) is 11.7. The molecule has 0 atom stereocenters. The number of carbonyl (C=O) groups is 1. The zero-order valence-corrected chi connectivity index (χ0v) is 23.6. The maximum atomic E-state index is 13.5. The smallest absolute Gasteiger partial charge is 0.237 e. The fourth-order valence-corrected chi connectivity index (χ4v) is 6.81. The van der Waals surface area contributed by atoms with Crippen LogP contribution < -0.4 is 4.90 Å². The number of aromatic nitrogens is 3. The van der Waals surface area contributed by atoms with Gasteiger partial charge in [-0.25, -0.2) is 4.68 Å². The molecule has 0 unspecified atom stereocenters. The third-order valence-corrected chi connectivity index (χ3v) is 9.75. The number of H-pyrrole nitrogens is 1. The third kappa shape index (κ3) is 4.56. The van der Waals surface area contributed by atoms with Crippen molar-refractivity contribution in [1.82, 2.24) is 14.8 Å². The van der Waals surface area contributed by atoms with Crippen LogP contribution in [-0.2, 0) is 34.5 Å². The molecular weight excluding hydrogens is 484 g/mol. The lowest BCUT2D eigenvalue weighted by atomic mass is 9.76. The van der Waals surface area contributed by atoms with Crippen LogP contribution in [0.25, 0.3) is 22.3 Å². The van der Waals surface area contributed by atoms with Gasteiger partial charge in [0.2, 0.25) is 5.91 Å². The molecule has 5 rings (SSSR count). The molecule has 1 aliphatic carbocycles. The van der Waals surface area contributed by atoms with E-state index in [0.29, 0.717) is 26.1 Å². The van der Waals surface area contributed by atoms with Crippen LogP contribution in [0.3, 0.4) is 0 Å². The first kappa shape index (κ1) is 26.2. The van der Waals surface area contributed by atoms with Crippen molar-refractivity contribution >= 4 is 30.6 Å². The number of likely N-dealkylation sites (N-methyl/N-ethyl adjacent to an activating group) is 1. The molecule has 0 fully saturated rings. The SMILES string of the molecule is CCN1C(=O)C(CCO)(CCO)c2cc3[nH]c4c(c3cc21)CCCc1cn(COCC[Si](C)(C)C)nc1-4. The molecular formula is C28H40N4O4Si. The maximum Gasteiger partial charge on any atom is 0.237 e. The van der Waals surface area contributed by atoms with Gasteiger partial charge in [0.15, 0.2) is 0 Å². The van der Waals surface area contributed by atoms with Crippen LogP contribution in [0.1, 0.15) is 42.9 Å². The molecule has 1 aliphatic heterocycles. The predicted octanol–water partition coefficient (Wildman–Crippen LogP) is 4.20. The van der Waals surface area contributed by atoms with E-state index in [1.165, 1.54) is 11.1 Å². The Morgan fingerprint density at radius 2 is 1.92 bits per heavy atom. The van der Waals surface area contributed by atoms with Crippen molar-refractivity contribution in [2.24, 2.45) is 0 Å². The Balaban J connectivity index is 1.54. The molecule has 0 bridgehead atoms. The summed E-state index contributed by atoms with van der Waals surface area (Å²) in [5, 5.41) is 25.7. The number of aryl methyl sites for hydroxylation is 2. The van der Waals surface area contributed by atoms with E-state index in [1.807, 2.05) is 16.5 Å². The topological polar surface area (TPSA) is 104 Å². The lowest BCUT2D eigenvalue weighted by Crippen LogP contribution is -2.41. The van der Waals surface area contributed by atoms with E-state index < -0.39 is 13.5 Å². The van der Waals surface area contributed by atoms with E-state index >= 15 is 0 Å². The summed E-state index contributed by atoms with van der Waals surface area (Å²) in [6.45, 7) is 10.6. The van der Waals surface area contributed by atoms with E-state index in [4.69, 9.17) is 9.84 Å². The van der Waals surface area contributed by atoms with Gasteiger partial charge in [-0.15, -0.1) is 0 Å². The van der Waals surface area contributed by atoms with E-state index in [0.717, 1.165) is 65.5 Å². The molecule has 1 amide bonds. The zero-order chi connectivity index (χ0) is 26.4. The van der Waals surface area contributed by atoms with Crippen molar-refractivity contribution in [3.63, 3.8) is 0 Å². The number of ether oxygens (including phenoxy) is 1. The number of amides is 1. The van der Waals surface area contributed by atoms with Crippen molar-refractivity contribution in [2.45, 2.75) is 76.9 Å². The van der Waals surface area contributed by atoms with Crippen LogP contribution >= 0.6 is 0 Å². The number of aliphatic hydroxyl groups excluding tert-OH is 2. The second-order valence-corrected chi connectivity index (χ2v) is 17.3. The number of hydrogen-bond acceptors (Lipinski definition) is 5. The Bertz CT molecular complexity index is 1300. The van der Waals surface area contributed by atoms with Crippen molar-refractivity contribution < 1.29 is 19.7 Å². The number of nitrogens with zero attached hydrogens (tertiary/aromatic N) is 3. The van der Waals surface area contributed by atoms with Crippen molar-refractivity contribution in [3.8, 4) is 11.4 Å². The highest BCUT2D eigenvalue weighted by molar-refractivity contribution is 6.76. The number of rotatable bonds is 10. The van der Waals surface area contributed by atoms with Crippen LogP contribution in [0, 0.1) is 0 Å². The second kappa shape index (κ2) is 10.0. The highest BCUT2D eigenvalue weighted by Crippen LogP contribution is 2.49. The molecule has 3 N–H and O–H groups in total. The zero-order valence-electron chi connectivity index (χ0n) is 22.6. The molecule has 37 heavy (non-hydrogen) atoms. The van der Waals surface area contributed by atoms with Gasteiger partial charge >= 0.3 is 0 Å². The number of aliphatic hydroxyl groups is 2. The fourth-order valence-electron chi connectivity index (χ4n) is 6.06. The molecule has 0 spiro atoms. The molecule has 3 heterocycles. The van der Waals surface area contributed by atoms with Crippen LogP contribution in [-0.4, -0.2) is 65.3 Å². The first-order chi connectivity index (χ1) is 17.7. The largest absolute Gasteiger partial charge is 0.396 e. The van der Waals surface area contributed by atoms with Gasteiger partial charge in [-0.05, 0) is 73.9 Å². The molecule has 1 aromatic carbocycles.